The zero-order valence-corrected chi connectivity index (χ0v) is 21.2. The summed E-state index contributed by atoms with van der Waals surface area (Å²) in [7, 11) is 2.22. The maximum Gasteiger partial charge on any atom is 0.258 e. The van der Waals surface area contributed by atoms with E-state index in [9.17, 15) is 0 Å². The third-order valence-electron chi connectivity index (χ3n) is 6.43. The Balaban J connectivity index is 1.84. The van der Waals surface area contributed by atoms with Crippen LogP contribution in [0, 0.1) is 0 Å². The van der Waals surface area contributed by atoms with Gasteiger partial charge in [-0.15, -0.1) is 0 Å². The molecule has 3 aromatic rings. The van der Waals surface area contributed by atoms with E-state index in [1.165, 1.54) is 6.42 Å². The van der Waals surface area contributed by atoms with E-state index in [0.717, 1.165) is 42.6 Å². The van der Waals surface area contributed by atoms with Gasteiger partial charge in [-0.1, -0.05) is 55.7 Å². The molecule has 5 nitrogen and oxygen atoms in total. The van der Waals surface area contributed by atoms with E-state index in [4.69, 9.17) is 9.26 Å². The Hall–Kier alpha value is -2.75. The normalized spacial score (nSPS) is 16.9. The topological polar surface area (TPSA) is 50.8 Å². The average molecular weight is 479 g/mol. The summed E-state index contributed by atoms with van der Waals surface area (Å²) in [6.07, 6.45) is 5.27. The van der Waals surface area contributed by atoms with Crippen molar-refractivity contribution in [3.8, 4) is 5.75 Å². The number of para-hydroxylation sites is 2. The maximum absolute atomic E-state index is 15.2. The van der Waals surface area contributed by atoms with E-state index in [2.05, 4.69) is 5.32 Å². The highest BCUT2D eigenvalue weighted by Crippen LogP contribution is 2.61. The molecule has 0 spiro atoms. The predicted octanol–water partition coefficient (Wildman–Crippen LogP) is 6.82. The largest absolute Gasteiger partial charge is 0.496 e. The fraction of sp³-hybridized carbons (Fsp3) is 0.357. The summed E-state index contributed by atoms with van der Waals surface area (Å²) in [6.45, 7) is 0. The van der Waals surface area contributed by atoms with Crippen LogP contribution in [0.1, 0.15) is 43.5 Å². The van der Waals surface area contributed by atoms with Gasteiger partial charge in [0, 0.05) is 36.3 Å². The van der Waals surface area contributed by atoms with Gasteiger partial charge < -0.3 is 19.5 Å². The third-order valence-corrected chi connectivity index (χ3v) is 9.15. The molecule has 0 radical (unpaired) electrons. The Morgan fingerprint density at radius 1 is 0.882 bits per heavy atom. The highest BCUT2D eigenvalue weighted by molar-refractivity contribution is 7.67. The summed E-state index contributed by atoms with van der Waals surface area (Å²) in [5, 5.41) is 4.27. The molecule has 1 N–H and O–H groups in total. The molecule has 34 heavy (non-hydrogen) atoms. The van der Waals surface area contributed by atoms with Gasteiger partial charge in [0.15, 0.2) is 0 Å². The van der Waals surface area contributed by atoms with Gasteiger partial charge in [0.05, 0.1) is 13.2 Å². The van der Waals surface area contributed by atoms with Gasteiger partial charge in [-0.2, -0.15) is 0 Å². The van der Waals surface area contributed by atoms with Gasteiger partial charge in [-0.3, -0.25) is 4.57 Å². The molecule has 0 aromatic heterocycles. The minimum atomic E-state index is -3.44. The van der Waals surface area contributed by atoms with Crippen molar-refractivity contribution in [1.29, 1.82) is 0 Å². The Bertz CT molecular complexity index is 1100. The van der Waals surface area contributed by atoms with E-state index in [1.54, 1.807) is 7.11 Å². The fourth-order valence-corrected chi connectivity index (χ4v) is 7.21. The Labute approximate surface area is 203 Å². The van der Waals surface area contributed by atoms with Crippen LogP contribution >= 0.6 is 7.37 Å². The molecule has 0 saturated heterocycles. The van der Waals surface area contributed by atoms with Crippen LogP contribution in [0.4, 0.5) is 11.4 Å². The molecule has 0 heterocycles. The van der Waals surface area contributed by atoms with Crippen molar-refractivity contribution in [2.75, 3.05) is 31.4 Å². The van der Waals surface area contributed by atoms with E-state index in [1.807, 2.05) is 97.9 Å². The number of rotatable bonds is 9. The number of benzene rings is 3. The zero-order chi connectivity index (χ0) is 24.0. The van der Waals surface area contributed by atoms with E-state index in [-0.39, 0.29) is 6.10 Å². The Kier molecular flexibility index (Phi) is 7.97. The number of methoxy groups -OCH3 is 1. The SMILES string of the molecule is COc1ccccc1[C@@H](Nc1ccccc1)[P@](=O)(OC1CCCCC1)c1ccc(N(C)C)cc1. The summed E-state index contributed by atoms with van der Waals surface area (Å²) in [5.41, 5.74) is 2.76. The van der Waals surface area contributed by atoms with Crippen molar-refractivity contribution < 1.29 is 13.8 Å². The van der Waals surface area contributed by atoms with Crippen LogP contribution in [0.25, 0.3) is 0 Å². The van der Waals surface area contributed by atoms with Crippen LogP contribution in [-0.2, 0) is 9.09 Å². The molecule has 1 saturated carbocycles. The summed E-state index contributed by atoms with van der Waals surface area (Å²) in [5.74, 6) is 0.0893. The lowest BCUT2D eigenvalue weighted by Crippen LogP contribution is -2.26. The summed E-state index contributed by atoms with van der Waals surface area (Å²) < 4.78 is 27.6. The predicted molar refractivity (Wildman–Crippen MR) is 142 cm³/mol. The van der Waals surface area contributed by atoms with E-state index < -0.39 is 13.2 Å². The molecule has 0 bridgehead atoms. The quantitative estimate of drug-likeness (QED) is 0.342. The number of hydrogen-bond acceptors (Lipinski definition) is 5. The van der Waals surface area contributed by atoms with Crippen molar-refractivity contribution in [1.82, 2.24) is 0 Å². The fourth-order valence-electron chi connectivity index (χ4n) is 4.55. The van der Waals surface area contributed by atoms with E-state index in [0.29, 0.717) is 11.1 Å². The highest BCUT2D eigenvalue weighted by Gasteiger charge is 2.41. The second-order valence-corrected chi connectivity index (χ2v) is 11.5. The van der Waals surface area contributed by atoms with Crippen molar-refractivity contribution in [2.24, 2.45) is 0 Å². The average Bonchev–Trinajstić information content (AvgIpc) is 2.88. The molecule has 1 aliphatic rings. The van der Waals surface area contributed by atoms with Crippen LogP contribution < -0.4 is 20.3 Å². The Morgan fingerprint density at radius 3 is 2.18 bits per heavy atom. The summed E-state index contributed by atoms with van der Waals surface area (Å²) in [6, 6.07) is 25.6. The van der Waals surface area contributed by atoms with Crippen molar-refractivity contribution >= 4 is 24.0 Å². The summed E-state index contributed by atoms with van der Waals surface area (Å²) >= 11 is 0. The highest BCUT2D eigenvalue weighted by atomic mass is 31.2. The molecule has 6 heteroatoms. The standard InChI is InChI=1S/C28H35N2O3P/c1-30(2)23-18-20-25(21-19-23)34(31,33-24-14-8-5-9-15-24)28(29-22-12-6-4-7-13-22)26-16-10-11-17-27(26)32-3/h4,6-7,10-13,16-21,24,28-29H,5,8-9,14-15H2,1-3H3/t28-,34+/m0/s1. The van der Waals surface area contributed by atoms with Crippen molar-refractivity contribution in [2.45, 2.75) is 44.0 Å². The second kappa shape index (κ2) is 11.1. The van der Waals surface area contributed by atoms with Crippen LogP contribution in [0.15, 0.2) is 78.9 Å². The monoisotopic (exact) mass is 478 g/mol. The first kappa shape index (κ1) is 24.4. The van der Waals surface area contributed by atoms with Crippen LogP contribution in [0.5, 0.6) is 5.75 Å². The van der Waals surface area contributed by atoms with Gasteiger partial charge >= 0.3 is 0 Å². The second-order valence-electron chi connectivity index (χ2n) is 9.03. The Morgan fingerprint density at radius 2 is 1.53 bits per heavy atom. The number of ether oxygens (including phenoxy) is 1. The van der Waals surface area contributed by atoms with Gasteiger partial charge in [0.1, 0.15) is 11.5 Å². The number of hydrogen-bond donors (Lipinski definition) is 1. The molecule has 0 amide bonds. The lowest BCUT2D eigenvalue weighted by atomic mass is 9.98. The molecule has 4 rings (SSSR count). The number of nitrogens with zero attached hydrogens (tertiary/aromatic N) is 1. The first-order chi connectivity index (χ1) is 16.5. The maximum atomic E-state index is 15.2. The number of anilines is 2. The van der Waals surface area contributed by atoms with E-state index >= 15 is 4.57 Å². The number of nitrogens with one attached hydrogen (secondary N) is 1. The molecular formula is C28H35N2O3P. The minimum absolute atomic E-state index is 0.0251. The minimum Gasteiger partial charge on any atom is -0.496 e. The molecule has 1 fully saturated rings. The van der Waals surface area contributed by atoms with Crippen LogP contribution in [-0.4, -0.2) is 27.3 Å². The van der Waals surface area contributed by atoms with Crippen LogP contribution in [0.2, 0.25) is 0 Å². The molecule has 0 aliphatic heterocycles. The third kappa shape index (κ3) is 5.48. The smallest absolute Gasteiger partial charge is 0.258 e. The zero-order valence-electron chi connectivity index (χ0n) is 20.3. The summed E-state index contributed by atoms with van der Waals surface area (Å²) in [4.78, 5) is 2.04. The van der Waals surface area contributed by atoms with Crippen molar-refractivity contribution in [3.63, 3.8) is 0 Å². The molecule has 0 unspecified atom stereocenters. The first-order valence-electron chi connectivity index (χ1n) is 12.0. The van der Waals surface area contributed by atoms with Gasteiger partial charge in [-0.25, -0.2) is 0 Å². The first-order valence-corrected chi connectivity index (χ1v) is 13.7. The molecular weight excluding hydrogens is 443 g/mol. The molecule has 1 aliphatic carbocycles. The van der Waals surface area contributed by atoms with Gasteiger partial charge in [-0.05, 0) is 55.3 Å². The molecule has 180 valence electrons. The lowest BCUT2D eigenvalue weighted by Gasteiger charge is -2.34. The molecule has 3 aromatic carbocycles. The lowest BCUT2D eigenvalue weighted by molar-refractivity contribution is 0.159. The van der Waals surface area contributed by atoms with Crippen LogP contribution in [0.3, 0.4) is 0 Å². The van der Waals surface area contributed by atoms with Crippen molar-refractivity contribution in [3.05, 3.63) is 84.4 Å². The van der Waals surface area contributed by atoms with Gasteiger partial charge in [0.25, 0.3) is 7.37 Å². The molecule has 2 atom stereocenters. The van der Waals surface area contributed by atoms with Gasteiger partial charge in [0.2, 0.25) is 0 Å².